The molecule has 0 atom stereocenters. The molecule has 0 fully saturated rings. The van der Waals surface area contributed by atoms with Gasteiger partial charge in [-0.1, -0.05) is 71.4 Å². The van der Waals surface area contributed by atoms with Gasteiger partial charge in [0.2, 0.25) is 5.16 Å². The van der Waals surface area contributed by atoms with Gasteiger partial charge in [0, 0.05) is 21.4 Å². The summed E-state index contributed by atoms with van der Waals surface area (Å²) in [6, 6.07) is 21.1. The minimum absolute atomic E-state index is 0.293. The maximum atomic E-state index is 6.24. The van der Waals surface area contributed by atoms with E-state index in [1.165, 1.54) is 5.56 Å². The minimum Gasteiger partial charge on any atom is -0.493 e. The number of methoxy groups -OCH3 is 1. The molecule has 0 aliphatic rings. The highest BCUT2D eigenvalue weighted by atomic mass is 35.5. The summed E-state index contributed by atoms with van der Waals surface area (Å²) in [6.07, 6.45) is 1.74. The first-order valence-corrected chi connectivity index (χ1v) is 12.2. The number of nitrogens with zero attached hydrogens (tertiary/aromatic N) is 4. The van der Waals surface area contributed by atoms with Crippen molar-refractivity contribution in [2.75, 3.05) is 7.11 Å². The lowest BCUT2D eigenvalue weighted by atomic mass is 10.2. The van der Waals surface area contributed by atoms with Crippen LogP contribution in [0.4, 0.5) is 0 Å². The molecule has 6 nitrogen and oxygen atoms in total. The van der Waals surface area contributed by atoms with E-state index in [9.17, 15) is 0 Å². The van der Waals surface area contributed by atoms with Gasteiger partial charge in [0.15, 0.2) is 17.3 Å². The molecule has 0 aliphatic heterocycles. The number of thioether (sulfide) groups is 1. The molecule has 4 rings (SSSR count). The highest BCUT2D eigenvalue weighted by Gasteiger charge is 2.10. The Bertz CT molecular complexity index is 1300. The van der Waals surface area contributed by atoms with Crippen molar-refractivity contribution in [1.82, 2.24) is 14.9 Å². The summed E-state index contributed by atoms with van der Waals surface area (Å²) in [4.78, 5) is 0. The molecule has 34 heavy (non-hydrogen) atoms. The van der Waals surface area contributed by atoms with Gasteiger partial charge in [0.1, 0.15) is 6.61 Å². The largest absolute Gasteiger partial charge is 0.493 e. The molecular weight excluding hydrogens is 491 g/mol. The van der Waals surface area contributed by atoms with E-state index < -0.39 is 0 Å². The molecule has 0 radical (unpaired) electrons. The van der Waals surface area contributed by atoms with Crippen LogP contribution in [0.1, 0.15) is 22.5 Å². The van der Waals surface area contributed by atoms with Crippen LogP contribution in [0.2, 0.25) is 10.0 Å². The Hall–Kier alpha value is -3.00. The third-order valence-electron chi connectivity index (χ3n) is 4.89. The molecule has 0 spiro atoms. The van der Waals surface area contributed by atoms with Crippen molar-refractivity contribution in [3.63, 3.8) is 0 Å². The van der Waals surface area contributed by atoms with Gasteiger partial charge in [0.25, 0.3) is 0 Å². The molecular formula is C25H22Cl2N4O2S. The molecule has 0 saturated carbocycles. The zero-order valence-corrected chi connectivity index (χ0v) is 20.9. The number of hydrogen-bond donors (Lipinski definition) is 0. The van der Waals surface area contributed by atoms with E-state index >= 15 is 0 Å². The van der Waals surface area contributed by atoms with Gasteiger partial charge in [-0.15, -0.1) is 10.2 Å². The van der Waals surface area contributed by atoms with Crippen molar-refractivity contribution in [3.05, 3.63) is 99.3 Å². The van der Waals surface area contributed by atoms with Crippen LogP contribution in [0.3, 0.4) is 0 Å². The Morgan fingerprint density at radius 2 is 1.82 bits per heavy atom. The lowest BCUT2D eigenvalue weighted by Gasteiger charge is -2.12. The van der Waals surface area contributed by atoms with Crippen LogP contribution in [0, 0.1) is 6.92 Å². The summed E-state index contributed by atoms with van der Waals surface area (Å²) in [7, 11) is 1.60. The van der Waals surface area contributed by atoms with Crippen molar-refractivity contribution in [2.24, 2.45) is 5.10 Å². The highest BCUT2D eigenvalue weighted by Crippen LogP contribution is 2.30. The zero-order valence-electron chi connectivity index (χ0n) is 18.6. The number of ether oxygens (including phenoxy) is 2. The standard InChI is InChI=1S/C25H22Cl2N4O2S/c1-17-29-30-25(34-16-18-6-4-3-5-7-18)31(17)28-14-19-8-11-23(24(12-19)32-2)33-15-20-9-10-21(26)13-22(20)27/h3-14H,15-16H2,1-2H3/b28-14+. The topological polar surface area (TPSA) is 61.5 Å². The molecule has 9 heteroatoms. The minimum atomic E-state index is 0.293. The maximum absolute atomic E-state index is 6.24. The van der Waals surface area contributed by atoms with E-state index in [1.54, 1.807) is 41.9 Å². The summed E-state index contributed by atoms with van der Waals surface area (Å²) in [5, 5.41) is 14.9. The monoisotopic (exact) mass is 512 g/mol. The SMILES string of the molecule is COc1cc(/C=N/n2c(C)nnc2SCc2ccccc2)ccc1OCc1ccc(Cl)cc1Cl. The molecule has 1 heterocycles. The van der Waals surface area contributed by atoms with Gasteiger partial charge in [-0.25, -0.2) is 0 Å². The van der Waals surface area contributed by atoms with Gasteiger partial charge in [0.05, 0.1) is 13.3 Å². The van der Waals surface area contributed by atoms with Crippen molar-refractivity contribution in [3.8, 4) is 11.5 Å². The van der Waals surface area contributed by atoms with Crippen LogP contribution in [0.5, 0.6) is 11.5 Å². The Morgan fingerprint density at radius 3 is 2.59 bits per heavy atom. The average Bonchev–Trinajstić information content (AvgIpc) is 3.21. The van der Waals surface area contributed by atoms with Crippen LogP contribution in [0.25, 0.3) is 0 Å². The Kier molecular flexibility index (Phi) is 8.11. The second-order valence-electron chi connectivity index (χ2n) is 7.30. The molecule has 0 N–H and O–H groups in total. The second kappa shape index (κ2) is 11.4. The lowest BCUT2D eigenvalue weighted by molar-refractivity contribution is 0.284. The number of halogens is 2. The quantitative estimate of drug-likeness (QED) is 0.185. The van der Waals surface area contributed by atoms with E-state index in [0.717, 1.165) is 22.0 Å². The molecule has 4 aromatic rings. The molecule has 0 aliphatic carbocycles. The van der Waals surface area contributed by atoms with Crippen LogP contribution < -0.4 is 9.47 Å². The number of hydrogen-bond acceptors (Lipinski definition) is 6. The third kappa shape index (κ3) is 6.11. The predicted octanol–water partition coefficient (Wildman–Crippen LogP) is 6.66. The molecule has 0 amide bonds. The third-order valence-corrected chi connectivity index (χ3v) is 6.46. The van der Waals surface area contributed by atoms with E-state index in [-0.39, 0.29) is 0 Å². The van der Waals surface area contributed by atoms with Crippen molar-refractivity contribution in [2.45, 2.75) is 24.4 Å². The van der Waals surface area contributed by atoms with Crippen LogP contribution in [-0.4, -0.2) is 28.2 Å². The van der Waals surface area contributed by atoms with E-state index in [0.29, 0.717) is 34.0 Å². The fraction of sp³-hybridized carbons (Fsp3) is 0.160. The Labute approximate surface area is 212 Å². The summed E-state index contributed by atoms with van der Waals surface area (Å²) in [6.45, 7) is 2.16. The molecule has 3 aromatic carbocycles. The number of benzene rings is 3. The molecule has 1 aromatic heterocycles. The predicted molar refractivity (Wildman–Crippen MR) is 138 cm³/mol. The number of aromatic nitrogens is 3. The molecule has 0 bridgehead atoms. The summed E-state index contributed by atoms with van der Waals surface area (Å²) < 4.78 is 13.2. The van der Waals surface area contributed by atoms with Crippen molar-refractivity contribution < 1.29 is 9.47 Å². The summed E-state index contributed by atoms with van der Waals surface area (Å²) >= 11 is 13.8. The molecule has 0 saturated heterocycles. The lowest BCUT2D eigenvalue weighted by Crippen LogP contribution is -2.00. The average molecular weight is 513 g/mol. The fourth-order valence-electron chi connectivity index (χ4n) is 3.09. The maximum Gasteiger partial charge on any atom is 0.212 e. The smallest absolute Gasteiger partial charge is 0.212 e. The van der Waals surface area contributed by atoms with Gasteiger partial charge in [-0.05, 0) is 48.4 Å². The van der Waals surface area contributed by atoms with Gasteiger partial charge < -0.3 is 9.47 Å². The van der Waals surface area contributed by atoms with Crippen LogP contribution in [0.15, 0.2) is 77.0 Å². The number of rotatable bonds is 9. The highest BCUT2D eigenvalue weighted by molar-refractivity contribution is 7.98. The van der Waals surface area contributed by atoms with E-state index in [1.807, 2.05) is 49.4 Å². The second-order valence-corrected chi connectivity index (χ2v) is 9.08. The Balaban J connectivity index is 1.46. The van der Waals surface area contributed by atoms with Crippen molar-refractivity contribution >= 4 is 41.2 Å². The van der Waals surface area contributed by atoms with Gasteiger partial charge in [-0.2, -0.15) is 9.78 Å². The van der Waals surface area contributed by atoms with E-state index in [2.05, 4.69) is 27.4 Å². The first-order valence-electron chi connectivity index (χ1n) is 10.4. The van der Waals surface area contributed by atoms with Crippen molar-refractivity contribution in [1.29, 1.82) is 0 Å². The summed E-state index contributed by atoms with van der Waals surface area (Å²) in [5.41, 5.74) is 2.90. The fourth-order valence-corrected chi connectivity index (χ4v) is 4.44. The first-order chi connectivity index (χ1) is 16.5. The van der Waals surface area contributed by atoms with Crippen LogP contribution >= 0.6 is 35.0 Å². The summed E-state index contributed by atoms with van der Waals surface area (Å²) in [5.74, 6) is 2.68. The van der Waals surface area contributed by atoms with Crippen LogP contribution in [-0.2, 0) is 12.4 Å². The van der Waals surface area contributed by atoms with E-state index in [4.69, 9.17) is 32.7 Å². The normalized spacial score (nSPS) is 11.2. The van der Waals surface area contributed by atoms with Gasteiger partial charge in [-0.3, -0.25) is 0 Å². The zero-order chi connectivity index (χ0) is 23.9. The molecule has 174 valence electrons. The number of aryl methyl sites for hydroxylation is 1. The first kappa shape index (κ1) is 24.1. The molecule has 0 unspecified atom stereocenters. The van der Waals surface area contributed by atoms with Gasteiger partial charge >= 0.3 is 0 Å². The Morgan fingerprint density at radius 1 is 1.00 bits per heavy atom.